The second-order valence-corrected chi connectivity index (χ2v) is 5.70. The number of nitrogens with zero attached hydrogens (tertiary/aromatic N) is 2. The van der Waals surface area contributed by atoms with Crippen LogP contribution in [0.4, 0.5) is 5.82 Å². The highest BCUT2D eigenvalue weighted by Crippen LogP contribution is 2.19. The molecule has 2 rings (SSSR count). The summed E-state index contributed by atoms with van der Waals surface area (Å²) in [7, 11) is 2.04. The lowest BCUT2D eigenvalue weighted by Gasteiger charge is -2.19. The summed E-state index contributed by atoms with van der Waals surface area (Å²) in [4.78, 5) is 8.12. The van der Waals surface area contributed by atoms with Crippen molar-refractivity contribution in [3.8, 4) is 0 Å². The molecule has 19 heavy (non-hydrogen) atoms. The Labute approximate surface area is 118 Å². The average molecular weight is 276 g/mol. The van der Waals surface area contributed by atoms with E-state index in [-0.39, 0.29) is 6.61 Å². The summed E-state index contributed by atoms with van der Waals surface area (Å²) < 4.78 is 0. The van der Waals surface area contributed by atoms with Gasteiger partial charge in [-0.2, -0.15) is 0 Å². The van der Waals surface area contributed by atoms with Crippen LogP contribution in [0, 0.1) is 0 Å². The van der Waals surface area contributed by atoms with Gasteiger partial charge in [0, 0.05) is 17.6 Å². The molecule has 0 spiro atoms. The fraction of sp³-hybridized carbons (Fsp3) is 0.400. The van der Waals surface area contributed by atoms with Gasteiger partial charge in [0.2, 0.25) is 0 Å². The molecule has 0 radical (unpaired) electrons. The van der Waals surface area contributed by atoms with Crippen LogP contribution in [0.5, 0.6) is 0 Å². The molecule has 0 bridgehead atoms. The van der Waals surface area contributed by atoms with Crippen molar-refractivity contribution in [2.75, 3.05) is 11.9 Å². The monoisotopic (exact) mass is 276 g/mol. The Morgan fingerprint density at radius 2 is 2.21 bits per heavy atom. The number of pyridine rings is 1. The molecule has 0 saturated carbocycles. The Kier molecular flexibility index (Phi) is 4.93. The van der Waals surface area contributed by atoms with E-state index in [1.54, 1.807) is 11.3 Å². The number of hydrogen-bond donors (Lipinski definition) is 1. The van der Waals surface area contributed by atoms with E-state index in [0.717, 1.165) is 36.5 Å². The van der Waals surface area contributed by atoms with Crippen molar-refractivity contribution in [2.45, 2.75) is 32.9 Å². The summed E-state index contributed by atoms with van der Waals surface area (Å²) in [6.45, 7) is 3.06. The molecule has 0 amide bonds. The van der Waals surface area contributed by atoms with E-state index in [4.69, 9.17) is 0 Å². The van der Waals surface area contributed by atoms with E-state index in [2.05, 4.69) is 34.3 Å². The summed E-state index contributed by atoms with van der Waals surface area (Å²) in [6.07, 6.45) is 2.02. The summed E-state index contributed by atoms with van der Waals surface area (Å²) in [5.41, 5.74) is 1.99. The number of aliphatic hydroxyl groups excluding tert-OH is 1. The van der Waals surface area contributed by atoms with Crippen LogP contribution in [-0.4, -0.2) is 17.1 Å². The fourth-order valence-electron chi connectivity index (χ4n) is 2.02. The zero-order valence-electron chi connectivity index (χ0n) is 11.5. The highest BCUT2D eigenvalue weighted by molar-refractivity contribution is 7.09. The van der Waals surface area contributed by atoms with E-state index in [0.29, 0.717) is 0 Å². The normalized spacial score (nSPS) is 10.7. The van der Waals surface area contributed by atoms with Gasteiger partial charge in [-0.3, -0.25) is 0 Å². The maximum Gasteiger partial charge on any atom is 0.129 e. The first-order valence-corrected chi connectivity index (χ1v) is 7.45. The molecule has 2 aromatic heterocycles. The van der Waals surface area contributed by atoms with Gasteiger partial charge in [-0.25, -0.2) is 4.98 Å². The summed E-state index contributed by atoms with van der Waals surface area (Å²) in [6, 6.07) is 8.15. The van der Waals surface area contributed by atoms with Crippen LogP contribution in [0.3, 0.4) is 0 Å². The summed E-state index contributed by atoms with van der Waals surface area (Å²) in [5.74, 6) is 0.934. The molecule has 0 saturated heterocycles. The van der Waals surface area contributed by atoms with Crippen molar-refractivity contribution < 1.29 is 5.11 Å². The second kappa shape index (κ2) is 6.68. The van der Waals surface area contributed by atoms with Gasteiger partial charge in [0.05, 0.1) is 13.2 Å². The molecule has 0 aliphatic heterocycles. The number of thiophene rings is 1. The number of hydrogen-bond acceptors (Lipinski definition) is 4. The minimum absolute atomic E-state index is 0.0685. The van der Waals surface area contributed by atoms with Gasteiger partial charge in [0.15, 0.2) is 0 Å². The minimum Gasteiger partial charge on any atom is -0.392 e. The predicted octanol–water partition coefficient (Wildman–Crippen LogP) is 3.22. The maximum absolute atomic E-state index is 9.35. The lowest BCUT2D eigenvalue weighted by molar-refractivity contribution is 0.281. The second-order valence-electron chi connectivity index (χ2n) is 4.67. The van der Waals surface area contributed by atoms with Crippen molar-refractivity contribution in [1.29, 1.82) is 0 Å². The van der Waals surface area contributed by atoms with Crippen LogP contribution < -0.4 is 4.90 Å². The molecule has 0 fully saturated rings. The van der Waals surface area contributed by atoms with Crippen molar-refractivity contribution in [2.24, 2.45) is 0 Å². The van der Waals surface area contributed by atoms with Gasteiger partial charge in [-0.05, 0) is 35.6 Å². The largest absolute Gasteiger partial charge is 0.392 e. The first-order chi connectivity index (χ1) is 9.22. The smallest absolute Gasteiger partial charge is 0.129 e. The first kappa shape index (κ1) is 14.0. The summed E-state index contributed by atoms with van der Waals surface area (Å²) in [5, 5.41) is 11.4. The first-order valence-electron chi connectivity index (χ1n) is 6.57. The number of aliphatic hydroxyl groups is 1. The molecule has 0 aliphatic carbocycles. The van der Waals surface area contributed by atoms with E-state index in [1.807, 2.05) is 19.2 Å². The predicted molar refractivity (Wildman–Crippen MR) is 80.6 cm³/mol. The SMILES string of the molecule is CCCc1cc(CO)cc(N(C)Cc2cccs2)n1. The number of rotatable bonds is 6. The Morgan fingerprint density at radius 3 is 2.84 bits per heavy atom. The minimum atomic E-state index is 0.0685. The number of anilines is 1. The number of aromatic nitrogens is 1. The van der Waals surface area contributed by atoms with Crippen LogP contribution in [0.25, 0.3) is 0 Å². The molecule has 4 heteroatoms. The number of aryl methyl sites for hydroxylation is 1. The van der Waals surface area contributed by atoms with Crippen molar-refractivity contribution in [3.05, 3.63) is 45.8 Å². The van der Waals surface area contributed by atoms with Crippen LogP contribution in [-0.2, 0) is 19.6 Å². The van der Waals surface area contributed by atoms with Gasteiger partial charge >= 0.3 is 0 Å². The van der Waals surface area contributed by atoms with E-state index < -0.39 is 0 Å². The van der Waals surface area contributed by atoms with Crippen LogP contribution in [0.2, 0.25) is 0 Å². The third kappa shape index (κ3) is 3.78. The fourth-order valence-corrected chi connectivity index (χ4v) is 2.78. The average Bonchev–Trinajstić information content (AvgIpc) is 2.91. The van der Waals surface area contributed by atoms with Gasteiger partial charge in [-0.1, -0.05) is 19.4 Å². The molecular formula is C15H20N2OS. The van der Waals surface area contributed by atoms with Gasteiger partial charge < -0.3 is 10.0 Å². The van der Waals surface area contributed by atoms with Crippen molar-refractivity contribution in [3.63, 3.8) is 0 Å². The Balaban J connectivity index is 2.19. The molecule has 2 aromatic rings. The molecule has 1 N–H and O–H groups in total. The lowest BCUT2D eigenvalue weighted by Crippen LogP contribution is -2.18. The Bertz CT molecular complexity index is 511. The molecule has 3 nitrogen and oxygen atoms in total. The van der Waals surface area contributed by atoms with E-state index >= 15 is 0 Å². The highest BCUT2D eigenvalue weighted by Gasteiger charge is 2.08. The van der Waals surface area contributed by atoms with E-state index in [9.17, 15) is 5.11 Å². The van der Waals surface area contributed by atoms with Crippen molar-refractivity contribution in [1.82, 2.24) is 4.98 Å². The van der Waals surface area contributed by atoms with Gasteiger partial charge in [0.1, 0.15) is 5.82 Å². The maximum atomic E-state index is 9.35. The van der Waals surface area contributed by atoms with Gasteiger partial charge in [-0.15, -0.1) is 11.3 Å². The van der Waals surface area contributed by atoms with Crippen LogP contribution >= 0.6 is 11.3 Å². The third-order valence-corrected chi connectivity index (χ3v) is 3.84. The Hall–Kier alpha value is -1.39. The zero-order chi connectivity index (χ0) is 13.7. The lowest BCUT2D eigenvalue weighted by atomic mass is 10.1. The molecule has 0 aromatic carbocycles. The Morgan fingerprint density at radius 1 is 1.37 bits per heavy atom. The zero-order valence-corrected chi connectivity index (χ0v) is 12.3. The van der Waals surface area contributed by atoms with Crippen LogP contribution in [0.1, 0.15) is 29.5 Å². The molecule has 0 unspecified atom stereocenters. The standard InChI is InChI=1S/C15H20N2OS/c1-3-5-13-8-12(11-18)9-15(16-13)17(2)10-14-6-4-7-19-14/h4,6-9,18H,3,5,10-11H2,1-2H3. The molecule has 102 valence electrons. The highest BCUT2D eigenvalue weighted by atomic mass is 32.1. The van der Waals surface area contributed by atoms with Crippen molar-refractivity contribution >= 4 is 17.2 Å². The van der Waals surface area contributed by atoms with Gasteiger partial charge in [0.25, 0.3) is 0 Å². The topological polar surface area (TPSA) is 36.4 Å². The molecule has 2 heterocycles. The third-order valence-electron chi connectivity index (χ3n) is 2.98. The molecular weight excluding hydrogens is 256 g/mol. The summed E-state index contributed by atoms with van der Waals surface area (Å²) >= 11 is 1.75. The molecule has 0 atom stereocenters. The molecule has 0 aliphatic rings. The van der Waals surface area contributed by atoms with Crippen LogP contribution in [0.15, 0.2) is 29.6 Å². The quantitative estimate of drug-likeness (QED) is 0.880. The van der Waals surface area contributed by atoms with E-state index in [1.165, 1.54) is 4.88 Å².